The van der Waals surface area contributed by atoms with Crippen molar-refractivity contribution in [1.29, 1.82) is 0 Å². The lowest BCUT2D eigenvalue weighted by molar-refractivity contribution is 0.334. The Kier molecular flexibility index (Phi) is 4.94. The summed E-state index contributed by atoms with van der Waals surface area (Å²) in [5.41, 5.74) is 1.75. The molecule has 1 N–H and O–H groups in total. The maximum atomic E-state index is 4.07. The van der Waals surface area contributed by atoms with Gasteiger partial charge >= 0.3 is 0 Å². The van der Waals surface area contributed by atoms with Gasteiger partial charge in [-0.15, -0.1) is 0 Å². The molecule has 1 aromatic heterocycles. The van der Waals surface area contributed by atoms with Crippen LogP contribution in [0.2, 0.25) is 0 Å². The average Bonchev–Trinajstić information content (AvgIpc) is 2.24. The minimum Gasteiger partial charge on any atom is -0.310 e. The van der Waals surface area contributed by atoms with E-state index in [-0.39, 0.29) is 0 Å². The summed E-state index contributed by atoms with van der Waals surface area (Å²) < 4.78 is 0. The number of nitrogens with zero attached hydrogens (tertiary/aromatic N) is 1. The third kappa shape index (κ3) is 4.75. The van der Waals surface area contributed by atoms with Gasteiger partial charge in [-0.2, -0.15) is 0 Å². The summed E-state index contributed by atoms with van der Waals surface area (Å²) in [5.74, 6) is 0. The monoisotopic (exact) mass is 220 g/mol. The maximum Gasteiger partial charge on any atom is 0.0321 e. The highest BCUT2D eigenvalue weighted by molar-refractivity contribution is 5.14. The minimum atomic E-state index is 0.403. The van der Waals surface area contributed by atoms with E-state index in [0.29, 0.717) is 11.5 Å². The normalized spacial score (nSPS) is 13.8. The number of rotatable bonds is 5. The molecule has 0 spiro atoms. The van der Waals surface area contributed by atoms with E-state index in [4.69, 9.17) is 0 Å². The van der Waals surface area contributed by atoms with Crippen LogP contribution in [0.15, 0.2) is 24.5 Å². The molecule has 0 radical (unpaired) electrons. The predicted octanol–water partition coefficient (Wildman–Crippen LogP) is 3.56. The van der Waals surface area contributed by atoms with Crippen LogP contribution in [0.3, 0.4) is 0 Å². The highest BCUT2D eigenvalue weighted by Crippen LogP contribution is 2.26. The number of hydrogen-bond donors (Lipinski definition) is 1. The zero-order valence-corrected chi connectivity index (χ0v) is 11.0. The van der Waals surface area contributed by atoms with Crippen molar-refractivity contribution in [3.63, 3.8) is 0 Å². The summed E-state index contributed by atoms with van der Waals surface area (Å²) in [4.78, 5) is 4.07. The molecule has 0 aliphatic carbocycles. The molecule has 1 aromatic rings. The smallest absolute Gasteiger partial charge is 0.0321 e. The molecule has 0 aliphatic rings. The lowest BCUT2D eigenvalue weighted by Gasteiger charge is -2.24. The second-order valence-electron chi connectivity index (χ2n) is 5.49. The molecule has 1 rings (SSSR count). The van der Waals surface area contributed by atoms with Crippen molar-refractivity contribution in [1.82, 2.24) is 10.3 Å². The standard InChI is InChI=1S/C14H24N2/c1-5-16-13(6-9-14(2,3)4)12-7-10-15-11-8-12/h7-8,10-11,13,16H,5-6,9H2,1-4H3. The van der Waals surface area contributed by atoms with Gasteiger partial charge in [0.1, 0.15) is 0 Å². The molecule has 2 heteroatoms. The van der Waals surface area contributed by atoms with Crippen LogP contribution in [0.1, 0.15) is 52.1 Å². The van der Waals surface area contributed by atoms with Crippen molar-refractivity contribution in [2.24, 2.45) is 5.41 Å². The molecular weight excluding hydrogens is 196 g/mol. The van der Waals surface area contributed by atoms with Gasteiger partial charge in [0.05, 0.1) is 0 Å². The number of nitrogens with one attached hydrogen (secondary N) is 1. The molecule has 0 bridgehead atoms. The third-order valence-electron chi connectivity index (χ3n) is 2.74. The van der Waals surface area contributed by atoms with Crippen molar-refractivity contribution in [3.8, 4) is 0 Å². The molecule has 0 saturated carbocycles. The summed E-state index contributed by atoms with van der Waals surface area (Å²) in [6.45, 7) is 10.1. The maximum absolute atomic E-state index is 4.07. The van der Waals surface area contributed by atoms with E-state index < -0.39 is 0 Å². The van der Waals surface area contributed by atoms with Gasteiger partial charge in [-0.25, -0.2) is 0 Å². The third-order valence-corrected chi connectivity index (χ3v) is 2.74. The van der Waals surface area contributed by atoms with Gasteiger partial charge in [-0.1, -0.05) is 27.7 Å². The highest BCUT2D eigenvalue weighted by Gasteiger charge is 2.15. The van der Waals surface area contributed by atoms with E-state index in [1.807, 2.05) is 12.4 Å². The van der Waals surface area contributed by atoms with E-state index in [0.717, 1.165) is 6.54 Å². The Hall–Kier alpha value is -0.890. The average molecular weight is 220 g/mol. The predicted molar refractivity (Wildman–Crippen MR) is 69.3 cm³/mol. The van der Waals surface area contributed by atoms with E-state index in [1.165, 1.54) is 18.4 Å². The highest BCUT2D eigenvalue weighted by atomic mass is 14.9. The van der Waals surface area contributed by atoms with Gasteiger partial charge in [0, 0.05) is 18.4 Å². The molecule has 1 unspecified atom stereocenters. The van der Waals surface area contributed by atoms with Crippen LogP contribution in [0.4, 0.5) is 0 Å². The van der Waals surface area contributed by atoms with E-state index >= 15 is 0 Å². The lowest BCUT2D eigenvalue weighted by atomic mass is 9.87. The van der Waals surface area contributed by atoms with Crippen molar-refractivity contribution >= 4 is 0 Å². The Morgan fingerprint density at radius 3 is 2.38 bits per heavy atom. The van der Waals surface area contributed by atoms with Crippen LogP contribution < -0.4 is 5.32 Å². The summed E-state index contributed by atoms with van der Waals surface area (Å²) in [6.07, 6.45) is 6.15. The first kappa shape index (κ1) is 13.2. The summed E-state index contributed by atoms with van der Waals surface area (Å²) in [7, 11) is 0. The van der Waals surface area contributed by atoms with Gasteiger partial charge in [0.25, 0.3) is 0 Å². The van der Waals surface area contributed by atoms with Gasteiger partial charge in [0.2, 0.25) is 0 Å². The summed E-state index contributed by atoms with van der Waals surface area (Å²) in [6, 6.07) is 4.68. The lowest BCUT2D eigenvalue weighted by Crippen LogP contribution is -2.22. The first-order chi connectivity index (χ1) is 7.53. The molecule has 1 atom stereocenters. The van der Waals surface area contributed by atoms with Gasteiger partial charge in [-0.3, -0.25) is 4.98 Å². The fourth-order valence-corrected chi connectivity index (χ4v) is 1.81. The van der Waals surface area contributed by atoms with Crippen molar-refractivity contribution in [2.75, 3.05) is 6.54 Å². The molecule has 1 heterocycles. The van der Waals surface area contributed by atoms with Crippen LogP contribution in [-0.2, 0) is 0 Å². The van der Waals surface area contributed by atoms with E-state index in [2.05, 4.69) is 50.1 Å². The molecule has 0 aromatic carbocycles. The van der Waals surface area contributed by atoms with Crippen molar-refractivity contribution in [2.45, 2.75) is 46.6 Å². The number of pyridine rings is 1. The molecular formula is C14H24N2. The number of aromatic nitrogens is 1. The van der Waals surface area contributed by atoms with Crippen molar-refractivity contribution in [3.05, 3.63) is 30.1 Å². The molecule has 0 fully saturated rings. The fraction of sp³-hybridized carbons (Fsp3) is 0.643. The molecule has 0 saturated heterocycles. The van der Waals surface area contributed by atoms with Crippen LogP contribution >= 0.6 is 0 Å². The van der Waals surface area contributed by atoms with Crippen LogP contribution in [0.25, 0.3) is 0 Å². The second kappa shape index (κ2) is 6.00. The topological polar surface area (TPSA) is 24.9 Å². The first-order valence-corrected chi connectivity index (χ1v) is 6.16. The Balaban J connectivity index is 2.61. The largest absolute Gasteiger partial charge is 0.310 e. The zero-order chi connectivity index (χ0) is 12.0. The second-order valence-corrected chi connectivity index (χ2v) is 5.49. The Morgan fingerprint density at radius 2 is 1.88 bits per heavy atom. The summed E-state index contributed by atoms with van der Waals surface area (Å²) in [5, 5.41) is 3.54. The SMILES string of the molecule is CCNC(CCC(C)(C)C)c1ccncc1. The van der Waals surface area contributed by atoms with Gasteiger partial charge < -0.3 is 5.32 Å². The fourth-order valence-electron chi connectivity index (χ4n) is 1.81. The Labute approximate surface area is 99.5 Å². The quantitative estimate of drug-likeness (QED) is 0.820. The Morgan fingerprint density at radius 1 is 1.25 bits per heavy atom. The molecule has 0 aliphatic heterocycles. The zero-order valence-electron chi connectivity index (χ0n) is 11.0. The number of hydrogen-bond acceptors (Lipinski definition) is 2. The van der Waals surface area contributed by atoms with Gasteiger partial charge in [0.15, 0.2) is 0 Å². The molecule has 0 amide bonds. The summed E-state index contributed by atoms with van der Waals surface area (Å²) >= 11 is 0. The Bertz CT molecular complexity index is 287. The molecule has 2 nitrogen and oxygen atoms in total. The minimum absolute atomic E-state index is 0.403. The van der Waals surface area contributed by atoms with E-state index in [1.54, 1.807) is 0 Å². The first-order valence-electron chi connectivity index (χ1n) is 6.16. The van der Waals surface area contributed by atoms with Gasteiger partial charge in [-0.05, 0) is 42.5 Å². The molecule has 16 heavy (non-hydrogen) atoms. The van der Waals surface area contributed by atoms with E-state index in [9.17, 15) is 0 Å². The van der Waals surface area contributed by atoms with Crippen LogP contribution in [0.5, 0.6) is 0 Å². The van der Waals surface area contributed by atoms with Crippen molar-refractivity contribution < 1.29 is 0 Å². The van der Waals surface area contributed by atoms with Crippen LogP contribution in [0, 0.1) is 5.41 Å². The molecule has 90 valence electrons. The van der Waals surface area contributed by atoms with Crippen LogP contribution in [-0.4, -0.2) is 11.5 Å².